The molecule has 250 valence electrons. The van der Waals surface area contributed by atoms with Crippen molar-refractivity contribution in [2.24, 2.45) is 0 Å². The van der Waals surface area contributed by atoms with Crippen LogP contribution >= 0.6 is 0 Å². The van der Waals surface area contributed by atoms with E-state index in [1.165, 1.54) is 0 Å². The second-order valence-electron chi connectivity index (χ2n) is 13.2. The molecule has 0 bridgehead atoms. The number of benzene rings is 7. The molecule has 0 atom stereocenters. The van der Waals surface area contributed by atoms with Gasteiger partial charge in [-0.1, -0.05) is 109 Å². The maximum Gasteiger partial charge on any atom is 0.149 e. The lowest BCUT2D eigenvalue weighted by Gasteiger charge is -2.13. The Kier molecular flexibility index (Phi) is 7.22. The molecule has 0 spiro atoms. The molecule has 1 N–H and O–H groups in total. The molecule has 0 aliphatic heterocycles. The summed E-state index contributed by atoms with van der Waals surface area (Å²) in [4.78, 5) is 10.4. The minimum atomic E-state index is 0.184. The summed E-state index contributed by atoms with van der Waals surface area (Å²) in [5.41, 5.74) is 12.9. The van der Waals surface area contributed by atoms with Gasteiger partial charge in [0, 0.05) is 39.5 Å². The van der Waals surface area contributed by atoms with Gasteiger partial charge in [-0.3, -0.25) is 9.55 Å². The van der Waals surface area contributed by atoms with Crippen LogP contribution in [0, 0.1) is 0 Å². The molecule has 5 heteroatoms. The molecule has 0 aliphatic rings. The van der Waals surface area contributed by atoms with Gasteiger partial charge in [0.2, 0.25) is 0 Å². The highest BCUT2D eigenvalue weighted by Gasteiger charge is 2.22. The quantitative estimate of drug-likeness (QED) is 0.190. The van der Waals surface area contributed by atoms with Gasteiger partial charge in [-0.25, -0.2) is 4.98 Å². The molecule has 0 fully saturated rings. The molecule has 0 aliphatic carbocycles. The molecule has 10 aromatic rings. The second-order valence-corrected chi connectivity index (χ2v) is 13.2. The first kappa shape index (κ1) is 30.6. The summed E-state index contributed by atoms with van der Waals surface area (Å²) >= 11 is 0. The molecule has 3 heterocycles. The van der Waals surface area contributed by atoms with Gasteiger partial charge in [-0.15, -0.1) is 0 Å². The van der Waals surface area contributed by atoms with Crippen molar-refractivity contribution in [1.82, 2.24) is 19.1 Å². The standard InChI is InChI=1S/C48H32N4O/c53-44-26-13-11-22-40(44)48-50-47-38(23-14-25-43(47)52(48)37-19-8-3-9-20-37)34-29-33(32-15-4-1-5-16-32)30-35(31-34)46-45-39-21-10-12-24-41(39)51(42(45)27-28-49-46)36-17-6-2-7-18-36/h1-31,53H. The summed E-state index contributed by atoms with van der Waals surface area (Å²) in [6.45, 7) is 0. The third-order valence-corrected chi connectivity index (χ3v) is 10.1. The van der Waals surface area contributed by atoms with E-state index in [0.29, 0.717) is 11.4 Å². The molecule has 0 radical (unpaired) electrons. The summed E-state index contributed by atoms with van der Waals surface area (Å²) < 4.78 is 4.46. The molecule has 10 rings (SSSR count). The van der Waals surface area contributed by atoms with Crippen molar-refractivity contribution >= 4 is 32.8 Å². The van der Waals surface area contributed by atoms with E-state index >= 15 is 0 Å². The van der Waals surface area contributed by atoms with Gasteiger partial charge >= 0.3 is 0 Å². The van der Waals surface area contributed by atoms with Gasteiger partial charge in [0.25, 0.3) is 0 Å². The molecule has 0 amide bonds. The van der Waals surface area contributed by atoms with Crippen LogP contribution in [0.5, 0.6) is 5.75 Å². The predicted octanol–water partition coefficient (Wildman–Crippen LogP) is 11.9. The smallest absolute Gasteiger partial charge is 0.149 e. The fourth-order valence-electron chi connectivity index (χ4n) is 7.72. The van der Waals surface area contributed by atoms with Gasteiger partial charge in [-0.05, 0) is 89.5 Å². The SMILES string of the molecule is Oc1ccccc1-c1nc2c(-c3cc(-c4ccccc4)cc(-c4nccc5c4c4ccccc4n5-c4ccccc4)c3)cccc2n1-c1ccccc1. The summed E-state index contributed by atoms with van der Waals surface area (Å²) in [5.74, 6) is 0.861. The van der Waals surface area contributed by atoms with E-state index in [1.54, 1.807) is 6.07 Å². The number of aromatic hydroxyl groups is 1. The van der Waals surface area contributed by atoms with Crippen LogP contribution in [0.4, 0.5) is 0 Å². The lowest BCUT2D eigenvalue weighted by molar-refractivity contribution is 0.477. The second kappa shape index (κ2) is 12.5. The number of nitrogens with zero attached hydrogens (tertiary/aromatic N) is 4. The third-order valence-electron chi connectivity index (χ3n) is 10.1. The molecule has 53 heavy (non-hydrogen) atoms. The number of fused-ring (bicyclic) bond motifs is 4. The van der Waals surface area contributed by atoms with Crippen molar-refractivity contribution in [1.29, 1.82) is 0 Å². The molecule has 7 aromatic carbocycles. The fraction of sp³-hybridized carbons (Fsp3) is 0. The molecular weight excluding hydrogens is 649 g/mol. The van der Waals surface area contributed by atoms with Gasteiger partial charge in [0.15, 0.2) is 0 Å². The zero-order valence-corrected chi connectivity index (χ0v) is 28.6. The third kappa shape index (κ3) is 5.09. The Bertz CT molecular complexity index is 2950. The Morgan fingerprint density at radius 3 is 1.81 bits per heavy atom. The first-order chi connectivity index (χ1) is 26.2. The fourth-order valence-corrected chi connectivity index (χ4v) is 7.72. The zero-order valence-electron chi connectivity index (χ0n) is 28.6. The van der Waals surface area contributed by atoms with Crippen LogP contribution in [0.2, 0.25) is 0 Å². The number of hydrogen-bond acceptors (Lipinski definition) is 3. The first-order valence-corrected chi connectivity index (χ1v) is 17.7. The summed E-state index contributed by atoms with van der Waals surface area (Å²) in [6, 6.07) is 62.4. The van der Waals surface area contributed by atoms with E-state index in [0.717, 1.165) is 77.7 Å². The number of pyridine rings is 1. The number of para-hydroxylation sites is 5. The summed E-state index contributed by atoms with van der Waals surface area (Å²) in [5, 5.41) is 13.3. The largest absolute Gasteiger partial charge is 0.507 e. The zero-order chi connectivity index (χ0) is 35.3. The van der Waals surface area contributed by atoms with Gasteiger partial charge in [0.1, 0.15) is 11.6 Å². The minimum Gasteiger partial charge on any atom is -0.507 e. The van der Waals surface area contributed by atoms with Crippen LogP contribution in [-0.2, 0) is 0 Å². The van der Waals surface area contributed by atoms with Gasteiger partial charge in [-0.2, -0.15) is 0 Å². The molecule has 0 saturated heterocycles. The van der Waals surface area contributed by atoms with E-state index < -0.39 is 0 Å². The maximum absolute atomic E-state index is 11.0. The Hall–Kier alpha value is -7.24. The lowest BCUT2D eigenvalue weighted by atomic mass is 9.93. The van der Waals surface area contributed by atoms with Crippen LogP contribution < -0.4 is 0 Å². The number of aromatic nitrogens is 4. The topological polar surface area (TPSA) is 55.9 Å². The minimum absolute atomic E-state index is 0.184. The van der Waals surface area contributed by atoms with E-state index in [-0.39, 0.29) is 5.75 Å². The average molecular weight is 681 g/mol. The number of rotatable bonds is 6. The van der Waals surface area contributed by atoms with Crippen LogP contribution in [0.3, 0.4) is 0 Å². The Balaban J connectivity index is 1.26. The van der Waals surface area contributed by atoms with E-state index in [1.807, 2.05) is 48.7 Å². The number of phenols is 1. The van der Waals surface area contributed by atoms with Gasteiger partial charge in [0.05, 0.1) is 33.3 Å². The monoisotopic (exact) mass is 680 g/mol. The van der Waals surface area contributed by atoms with Crippen LogP contribution in [0.1, 0.15) is 0 Å². The highest BCUT2D eigenvalue weighted by molar-refractivity contribution is 6.15. The van der Waals surface area contributed by atoms with Crippen LogP contribution in [0.25, 0.3) is 89.1 Å². The molecule has 0 saturated carbocycles. The van der Waals surface area contributed by atoms with Crippen molar-refractivity contribution in [2.45, 2.75) is 0 Å². The average Bonchev–Trinajstić information content (AvgIpc) is 3.78. The number of imidazole rings is 1. The van der Waals surface area contributed by atoms with Crippen molar-refractivity contribution < 1.29 is 5.11 Å². The van der Waals surface area contributed by atoms with E-state index in [4.69, 9.17) is 9.97 Å². The lowest BCUT2D eigenvalue weighted by Crippen LogP contribution is -1.97. The number of hydrogen-bond donors (Lipinski definition) is 1. The van der Waals surface area contributed by atoms with Crippen molar-refractivity contribution in [3.63, 3.8) is 0 Å². The number of phenolic OH excluding ortho intramolecular Hbond substituents is 1. The molecular formula is C48H32N4O. The summed E-state index contributed by atoms with van der Waals surface area (Å²) in [7, 11) is 0. The Morgan fingerprint density at radius 2 is 1.04 bits per heavy atom. The Labute approximate surface area is 306 Å². The van der Waals surface area contributed by atoms with Crippen molar-refractivity contribution in [3.05, 3.63) is 188 Å². The Morgan fingerprint density at radius 1 is 0.434 bits per heavy atom. The highest BCUT2D eigenvalue weighted by Crippen LogP contribution is 2.42. The predicted molar refractivity (Wildman–Crippen MR) is 217 cm³/mol. The van der Waals surface area contributed by atoms with Crippen LogP contribution in [-0.4, -0.2) is 24.2 Å². The van der Waals surface area contributed by atoms with E-state index in [9.17, 15) is 5.11 Å². The van der Waals surface area contributed by atoms with Crippen molar-refractivity contribution in [3.8, 4) is 62.0 Å². The normalized spacial score (nSPS) is 11.5. The van der Waals surface area contributed by atoms with Gasteiger partial charge < -0.3 is 9.67 Å². The molecule has 0 unspecified atom stereocenters. The summed E-state index contributed by atoms with van der Waals surface area (Å²) in [6.07, 6.45) is 1.92. The maximum atomic E-state index is 11.0. The first-order valence-electron chi connectivity index (χ1n) is 17.7. The molecule has 5 nitrogen and oxygen atoms in total. The highest BCUT2D eigenvalue weighted by atomic mass is 16.3. The van der Waals surface area contributed by atoms with Crippen molar-refractivity contribution in [2.75, 3.05) is 0 Å². The van der Waals surface area contributed by atoms with Crippen LogP contribution in [0.15, 0.2) is 188 Å². The molecule has 3 aromatic heterocycles. The van der Waals surface area contributed by atoms with E-state index in [2.05, 4.69) is 143 Å².